The summed E-state index contributed by atoms with van der Waals surface area (Å²) in [6.07, 6.45) is 6.58. The maximum Gasteiger partial charge on any atom is 0.0843 e. The first-order valence-electron chi connectivity index (χ1n) is 4.04. The monoisotopic (exact) mass is 174 g/mol. The Morgan fingerprint density at radius 2 is 1.91 bits per heavy atom. The Hall–Kier alpha value is -0.260. The van der Waals surface area contributed by atoms with Gasteiger partial charge in [-0.15, -0.1) is 12.4 Å². The highest BCUT2D eigenvalue weighted by Gasteiger charge is 2.11. The summed E-state index contributed by atoms with van der Waals surface area (Å²) in [6, 6.07) is 2.74. The maximum absolute atomic E-state index is 8.28. The van der Waals surface area contributed by atoms with Gasteiger partial charge in [0.15, 0.2) is 0 Å². The molecule has 0 bridgehead atoms. The lowest BCUT2D eigenvalue weighted by Crippen LogP contribution is -2.31. The highest BCUT2D eigenvalue weighted by Crippen LogP contribution is 2.16. The number of nitriles is 1. The fourth-order valence-electron chi connectivity index (χ4n) is 1.50. The van der Waals surface area contributed by atoms with E-state index in [1.807, 2.05) is 0 Å². The van der Waals surface area contributed by atoms with E-state index in [9.17, 15) is 0 Å². The number of hydrogen-bond acceptors (Lipinski definition) is 2. The number of hydrogen-bond donors (Lipinski definition) is 1. The minimum absolute atomic E-state index is 0. The van der Waals surface area contributed by atoms with E-state index in [0.29, 0.717) is 12.6 Å². The molecule has 1 aliphatic rings. The molecule has 0 spiro atoms. The van der Waals surface area contributed by atoms with Crippen LogP contribution in [-0.2, 0) is 0 Å². The quantitative estimate of drug-likeness (QED) is 0.649. The van der Waals surface area contributed by atoms with E-state index in [4.69, 9.17) is 5.26 Å². The smallest absolute Gasteiger partial charge is 0.0843 e. The van der Waals surface area contributed by atoms with Gasteiger partial charge >= 0.3 is 0 Å². The van der Waals surface area contributed by atoms with Gasteiger partial charge in [-0.05, 0) is 12.8 Å². The molecule has 3 heteroatoms. The molecular formula is C8H15ClN2. The second-order valence-electron chi connectivity index (χ2n) is 2.87. The van der Waals surface area contributed by atoms with Crippen molar-refractivity contribution in [2.45, 2.75) is 38.1 Å². The summed E-state index contributed by atoms with van der Waals surface area (Å²) in [5.41, 5.74) is 0. The molecule has 64 valence electrons. The van der Waals surface area contributed by atoms with Gasteiger partial charge in [0.05, 0.1) is 12.6 Å². The first-order chi connectivity index (χ1) is 4.93. The molecule has 11 heavy (non-hydrogen) atoms. The Labute approximate surface area is 74.4 Å². The maximum atomic E-state index is 8.28. The van der Waals surface area contributed by atoms with Gasteiger partial charge in [-0.25, -0.2) is 0 Å². The largest absolute Gasteiger partial charge is 0.302 e. The van der Waals surface area contributed by atoms with E-state index in [1.54, 1.807) is 0 Å². The zero-order chi connectivity index (χ0) is 7.23. The van der Waals surface area contributed by atoms with Gasteiger partial charge in [-0.2, -0.15) is 5.26 Å². The lowest BCUT2D eigenvalue weighted by atomic mass is 9.96. The summed E-state index contributed by atoms with van der Waals surface area (Å²) < 4.78 is 0. The fourth-order valence-corrected chi connectivity index (χ4v) is 1.50. The predicted molar refractivity (Wildman–Crippen MR) is 47.7 cm³/mol. The van der Waals surface area contributed by atoms with Crippen molar-refractivity contribution < 1.29 is 0 Å². The average Bonchev–Trinajstić information content (AvgIpc) is 2.03. The standard InChI is InChI=1S/C8H14N2.ClH/c9-6-7-10-8-4-2-1-3-5-8;/h8,10H,1-5,7H2;1H. The third kappa shape index (κ3) is 4.23. The second-order valence-corrected chi connectivity index (χ2v) is 2.87. The first kappa shape index (κ1) is 10.7. The van der Waals surface area contributed by atoms with Crippen molar-refractivity contribution in [3.8, 4) is 6.07 Å². The predicted octanol–water partition coefficient (Wildman–Crippen LogP) is 1.85. The SMILES string of the molecule is Cl.N#CCNC1CCCCC1. The molecule has 1 aliphatic carbocycles. The van der Waals surface area contributed by atoms with Crippen LogP contribution in [0.3, 0.4) is 0 Å². The number of nitrogens with one attached hydrogen (secondary N) is 1. The number of nitrogens with zero attached hydrogens (tertiary/aromatic N) is 1. The summed E-state index contributed by atoms with van der Waals surface area (Å²) in [7, 11) is 0. The summed E-state index contributed by atoms with van der Waals surface area (Å²) >= 11 is 0. The second kappa shape index (κ2) is 6.45. The van der Waals surface area contributed by atoms with Gasteiger partial charge in [-0.1, -0.05) is 19.3 Å². The van der Waals surface area contributed by atoms with E-state index in [-0.39, 0.29) is 12.4 Å². The van der Waals surface area contributed by atoms with Crippen molar-refractivity contribution in [2.24, 2.45) is 0 Å². The van der Waals surface area contributed by atoms with Crippen LogP contribution in [-0.4, -0.2) is 12.6 Å². The number of rotatable bonds is 2. The summed E-state index contributed by atoms with van der Waals surface area (Å²) in [5, 5.41) is 11.5. The molecule has 0 aromatic rings. The molecule has 0 aromatic carbocycles. The Balaban J connectivity index is 0.000001000. The van der Waals surface area contributed by atoms with Crippen LogP contribution in [0.5, 0.6) is 0 Å². The minimum atomic E-state index is 0. The summed E-state index contributed by atoms with van der Waals surface area (Å²) in [4.78, 5) is 0. The molecule has 0 unspecified atom stereocenters. The van der Waals surface area contributed by atoms with Crippen molar-refractivity contribution in [3.05, 3.63) is 0 Å². The van der Waals surface area contributed by atoms with Crippen LogP contribution in [0.1, 0.15) is 32.1 Å². The number of halogens is 1. The molecule has 0 aromatic heterocycles. The van der Waals surface area contributed by atoms with Gasteiger partial charge in [0.1, 0.15) is 0 Å². The minimum Gasteiger partial charge on any atom is -0.302 e. The van der Waals surface area contributed by atoms with Crippen LogP contribution in [0, 0.1) is 11.3 Å². The first-order valence-corrected chi connectivity index (χ1v) is 4.04. The molecular weight excluding hydrogens is 160 g/mol. The molecule has 1 N–H and O–H groups in total. The highest BCUT2D eigenvalue weighted by atomic mass is 35.5. The fraction of sp³-hybridized carbons (Fsp3) is 0.875. The topological polar surface area (TPSA) is 35.8 Å². The Kier molecular flexibility index (Phi) is 6.30. The molecule has 1 rings (SSSR count). The van der Waals surface area contributed by atoms with Crippen molar-refractivity contribution >= 4 is 12.4 Å². The molecule has 0 aliphatic heterocycles. The van der Waals surface area contributed by atoms with Crippen LogP contribution in [0.25, 0.3) is 0 Å². The molecule has 1 fully saturated rings. The van der Waals surface area contributed by atoms with E-state index in [1.165, 1.54) is 32.1 Å². The van der Waals surface area contributed by atoms with E-state index in [0.717, 1.165) is 0 Å². The van der Waals surface area contributed by atoms with Crippen LogP contribution in [0.15, 0.2) is 0 Å². The molecule has 2 nitrogen and oxygen atoms in total. The Morgan fingerprint density at radius 1 is 1.27 bits per heavy atom. The van der Waals surface area contributed by atoms with Crippen LogP contribution >= 0.6 is 12.4 Å². The highest BCUT2D eigenvalue weighted by molar-refractivity contribution is 5.85. The summed E-state index contributed by atoms with van der Waals surface area (Å²) in [5.74, 6) is 0. The average molecular weight is 175 g/mol. The third-order valence-electron chi connectivity index (χ3n) is 2.07. The lowest BCUT2D eigenvalue weighted by molar-refractivity contribution is 0.386. The Morgan fingerprint density at radius 3 is 2.45 bits per heavy atom. The lowest BCUT2D eigenvalue weighted by Gasteiger charge is -2.21. The molecule has 0 atom stereocenters. The van der Waals surface area contributed by atoms with Crippen molar-refractivity contribution in [1.82, 2.24) is 5.32 Å². The van der Waals surface area contributed by atoms with E-state index >= 15 is 0 Å². The van der Waals surface area contributed by atoms with Crippen LogP contribution in [0.4, 0.5) is 0 Å². The Bertz CT molecular complexity index is 125. The van der Waals surface area contributed by atoms with Crippen LogP contribution in [0.2, 0.25) is 0 Å². The van der Waals surface area contributed by atoms with E-state index in [2.05, 4.69) is 11.4 Å². The van der Waals surface area contributed by atoms with Gasteiger partial charge in [0.25, 0.3) is 0 Å². The van der Waals surface area contributed by atoms with Gasteiger partial charge < -0.3 is 5.32 Å². The zero-order valence-electron chi connectivity index (χ0n) is 6.68. The van der Waals surface area contributed by atoms with Gasteiger partial charge in [-0.3, -0.25) is 0 Å². The molecule has 0 amide bonds. The van der Waals surface area contributed by atoms with E-state index < -0.39 is 0 Å². The molecule has 0 radical (unpaired) electrons. The normalized spacial score (nSPS) is 18.5. The van der Waals surface area contributed by atoms with Gasteiger partial charge in [0.2, 0.25) is 0 Å². The molecule has 0 saturated heterocycles. The van der Waals surface area contributed by atoms with Crippen molar-refractivity contribution in [1.29, 1.82) is 5.26 Å². The van der Waals surface area contributed by atoms with Crippen molar-refractivity contribution in [2.75, 3.05) is 6.54 Å². The zero-order valence-corrected chi connectivity index (χ0v) is 7.49. The molecule has 0 heterocycles. The molecule has 1 saturated carbocycles. The van der Waals surface area contributed by atoms with Crippen molar-refractivity contribution in [3.63, 3.8) is 0 Å². The van der Waals surface area contributed by atoms with Crippen LogP contribution < -0.4 is 5.32 Å². The van der Waals surface area contributed by atoms with Gasteiger partial charge in [0, 0.05) is 6.04 Å². The third-order valence-corrected chi connectivity index (χ3v) is 2.07. The summed E-state index contributed by atoms with van der Waals surface area (Å²) in [6.45, 7) is 0.519.